The van der Waals surface area contributed by atoms with Crippen LogP contribution in [0.15, 0.2) is 60.0 Å². The SMILES string of the molecule is N#CC1=C(N)Oc2n[nH]c(-c3cccc([N+](=O)[O-])c3)c2[C@H]1c1ccc([N+](=O)[O-])cc1. The first-order valence-electron chi connectivity index (χ1n) is 8.55. The molecule has 1 aromatic heterocycles. The highest BCUT2D eigenvalue weighted by Gasteiger charge is 2.36. The summed E-state index contributed by atoms with van der Waals surface area (Å²) < 4.78 is 5.48. The number of fused-ring (bicyclic) bond motifs is 1. The van der Waals surface area contributed by atoms with E-state index in [-0.39, 0.29) is 28.7 Å². The third-order valence-corrected chi connectivity index (χ3v) is 4.72. The van der Waals surface area contributed by atoms with Gasteiger partial charge < -0.3 is 10.5 Å². The molecule has 0 radical (unpaired) electrons. The average Bonchev–Trinajstić information content (AvgIpc) is 3.16. The number of nitrogens with one attached hydrogen (secondary N) is 1. The number of nitro groups is 2. The van der Waals surface area contributed by atoms with Crippen molar-refractivity contribution in [3.63, 3.8) is 0 Å². The number of nitrogens with zero attached hydrogens (tertiary/aromatic N) is 4. The van der Waals surface area contributed by atoms with Gasteiger partial charge in [0, 0.05) is 29.8 Å². The molecule has 0 saturated carbocycles. The van der Waals surface area contributed by atoms with Gasteiger partial charge in [0.05, 0.1) is 27.0 Å². The Bertz CT molecular complexity index is 1260. The van der Waals surface area contributed by atoms with Crippen LogP contribution >= 0.6 is 0 Å². The van der Waals surface area contributed by atoms with Crippen molar-refractivity contribution in [1.82, 2.24) is 10.2 Å². The van der Waals surface area contributed by atoms with Crippen molar-refractivity contribution in [2.45, 2.75) is 5.92 Å². The van der Waals surface area contributed by atoms with Gasteiger partial charge in [0.1, 0.15) is 11.6 Å². The molecule has 0 saturated heterocycles. The standard InChI is InChI=1S/C19H12N6O5/c20-9-14-15(10-4-6-12(7-5-10)24(26)27)16-17(22-23-19(16)30-18(14)21)11-2-1-3-13(8-11)25(28)29/h1-8,15H,21H2,(H,22,23)/t15-/m0/s1. The zero-order valence-corrected chi connectivity index (χ0v) is 15.1. The van der Waals surface area contributed by atoms with Crippen LogP contribution < -0.4 is 10.5 Å². The Balaban J connectivity index is 1.91. The molecule has 1 atom stereocenters. The first-order chi connectivity index (χ1) is 14.4. The molecule has 0 unspecified atom stereocenters. The fourth-order valence-electron chi connectivity index (χ4n) is 3.36. The minimum absolute atomic E-state index is 0.101. The van der Waals surface area contributed by atoms with E-state index in [4.69, 9.17) is 10.5 Å². The number of non-ortho nitro benzene ring substituents is 2. The Morgan fingerprint density at radius 3 is 2.43 bits per heavy atom. The van der Waals surface area contributed by atoms with Gasteiger partial charge in [0.15, 0.2) is 0 Å². The quantitative estimate of drug-likeness (QED) is 0.492. The molecule has 148 valence electrons. The Kier molecular flexibility index (Phi) is 4.36. The molecule has 3 N–H and O–H groups in total. The van der Waals surface area contributed by atoms with Gasteiger partial charge in [-0.3, -0.25) is 25.3 Å². The van der Waals surface area contributed by atoms with Gasteiger partial charge in [0.2, 0.25) is 11.8 Å². The zero-order chi connectivity index (χ0) is 21.4. The maximum Gasteiger partial charge on any atom is 0.270 e. The van der Waals surface area contributed by atoms with E-state index in [0.29, 0.717) is 22.4 Å². The number of allylic oxidation sites excluding steroid dienone is 1. The van der Waals surface area contributed by atoms with E-state index in [2.05, 4.69) is 10.2 Å². The third-order valence-electron chi connectivity index (χ3n) is 4.72. The number of hydrogen-bond donors (Lipinski definition) is 2. The van der Waals surface area contributed by atoms with Crippen LogP contribution in [0.3, 0.4) is 0 Å². The maximum absolute atomic E-state index is 11.2. The van der Waals surface area contributed by atoms with Crippen LogP contribution in [-0.4, -0.2) is 20.0 Å². The van der Waals surface area contributed by atoms with E-state index in [9.17, 15) is 25.5 Å². The first kappa shape index (κ1) is 18.6. The number of nitro benzene ring substituents is 2. The van der Waals surface area contributed by atoms with E-state index in [1.165, 1.54) is 42.5 Å². The van der Waals surface area contributed by atoms with Crippen LogP contribution in [0.1, 0.15) is 17.0 Å². The monoisotopic (exact) mass is 404 g/mol. The molecule has 0 spiro atoms. The molecule has 2 heterocycles. The van der Waals surface area contributed by atoms with Crippen LogP contribution in [0.25, 0.3) is 11.3 Å². The highest BCUT2D eigenvalue weighted by Crippen LogP contribution is 2.46. The van der Waals surface area contributed by atoms with E-state index in [1.807, 2.05) is 6.07 Å². The van der Waals surface area contributed by atoms with Crippen molar-refractivity contribution < 1.29 is 14.6 Å². The maximum atomic E-state index is 11.2. The molecule has 2 aromatic carbocycles. The summed E-state index contributed by atoms with van der Waals surface area (Å²) in [4.78, 5) is 21.1. The lowest BCUT2D eigenvalue weighted by Crippen LogP contribution is -2.21. The fourth-order valence-corrected chi connectivity index (χ4v) is 3.36. The van der Waals surface area contributed by atoms with Gasteiger partial charge in [0.25, 0.3) is 11.4 Å². The highest BCUT2D eigenvalue weighted by molar-refractivity contribution is 5.72. The van der Waals surface area contributed by atoms with Crippen molar-refractivity contribution in [2.75, 3.05) is 0 Å². The molecule has 4 rings (SSSR count). The lowest BCUT2D eigenvalue weighted by Gasteiger charge is -2.24. The van der Waals surface area contributed by atoms with Gasteiger partial charge in [-0.05, 0) is 5.56 Å². The summed E-state index contributed by atoms with van der Waals surface area (Å²) in [5.74, 6) is -0.741. The van der Waals surface area contributed by atoms with Gasteiger partial charge in [-0.15, -0.1) is 5.10 Å². The molecule has 0 amide bonds. The Hall–Kier alpha value is -4.72. The van der Waals surface area contributed by atoms with Crippen molar-refractivity contribution in [3.8, 4) is 23.2 Å². The van der Waals surface area contributed by atoms with Crippen molar-refractivity contribution in [1.29, 1.82) is 5.26 Å². The molecule has 1 aliphatic heterocycles. The lowest BCUT2D eigenvalue weighted by atomic mass is 9.83. The largest absolute Gasteiger partial charge is 0.420 e. The second-order valence-electron chi connectivity index (χ2n) is 6.40. The number of aromatic amines is 1. The summed E-state index contributed by atoms with van der Waals surface area (Å²) in [7, 11) is 0. The van der Waals surface area contributed by atoms with E-state index in [1.54, 1.807) is 6.07 Å². The number of hydrogen-bond acceptors (Lipinski definition) is 8. The topological polar surface area (TPSA) is 174 Å². The molecule has 11 heteroatoms. The molecule has 0 fully saturated rings. The number of nitrogens with two attached hydrogens (primary N) is 1. The van der Waals surface area contributed by atoms with E-state index in [0.717, 1.165) is 0 Å². The zero-order valence-electron chi connectivity index (χ0n) is 15.1. The Morgan fingerprint density at radius 2 is 1.80 bits per heavy atom. The number of ether oxygens (including phenoxy) is 1. The predicted octanol–water partition coefficient (Wildman–Crippen LogP) is 3.11. The third kappa shape index (κ3) is 2.98. The minimum atomic E-state index is -0.729. The molecule has 30 heavy (non-hydrogen) atoms. The Morgan fingerprint density at radius 1 is 1.10 bits per heavy atom. The summed E-state index contributed by atoms with van der Waals surface area (Å²) in [5.41, 5.74) is 7.67. The van der Waals surface area contributed by atoms with E-state index >= 15 is 0 Å². The number of H-pyrrole nitrogens is 1. The number of nitriles is 1. The van der Waals surface area contributed by atoms with Crippen LogP contribution in [0.2, 0.25) is 0 Å². The summed E-state index contributed by atoms with van der Waals surface area (Å²) in [6.45, 7) is 0. The second-order valence-corrected chi connectivity index (χ2v) is 6.40. The molecule has 0 aliphatic carbocycles. The Labute approximate surface area is 168 Å². The smallest absolute Gasteiger partial charge is 0.270 e. The highest BCUT2D eigenvalue weighted by atomic mass is 16.6. The number of aromatic nitrogens is 2. The van der Waals surface area contributed by atoms with Crippen molar-refractivity contribution >= 4 is 11.4 Å². The average molecular weight is 404 g/mol. The first-order valence-corrected chi connectivity index (χ1v) is 8.55. The molecule has 3 aromatic rings. The van der Waals surface area contributed by atoms with Crippen molar-refractivity contribution in [3.05, 3.63) is 91.3 Å². The summed E-state index contributed by atoms with van der Waals surface area (Å²) in [5, 5.41) is 38.7. The number of benzene rings is 2. The fraction of sp³-hybridized carbons (Fsp3) is 0.0526. The lowest BCUT2D eigenvalue weighted by molar-refractivity contribution is -0.385. The molecule has 1 aliphatic rings. The minimum Gasteiger partial charge on any atom is -0.420 e. The van der Waals surface area contributed by atoms with Crippen LogP contribution in [0.4, 0.5) is 11.4 Å². The van der Waals surface area contributed by atoms with Gasteiger partial charge in [-0.1, -0.05) is 24.3 Å². The molecular weight excluding hydrogens is 392 g/mol. The van der Waals surface area contributed by atoms with Crippen LogP contribution in [-0.2, 0) is 0 Å². The molecule has 11 nitrogen and oxygen atoms in total. The van der Waals surface area contributed by atoms with Gasteiger partial charge in [-0.25, -0.2) is 0 Å². The van der Waals surface area contributed by atoms with Crippen LogP contribution in [0.5, 0.6) is 5.88 Å². The van der Waals surface area contributed by atoms with Crippen LogP contribution in [0, 0.1) is 31.6 Å². The summed E-state index contributed by atoms with van der Waals surface area (Å²) in [6, 6.07) is 13.6. The van der Waals surface area contributed by atoms with Crippen molar-refractivity contribution in [2.24, 2.45) is 5.73 Å². The van der Waals surface area contributed by atoms with E-state index < -0.39 is 15.8 Å². The normalized spacial score (nSPS) is 15.1. The van der Waals surface area contributed by atoms with Gasteiger partial charge >= 0.3 is 0 Å². The molecular formula is C19H12N6O5. The summed E-state index contributed by atoms with van der Waals surface area (Å²) >= 11 is 0. The number of rotatable bonds is 4. The van der Waals surface area contributed by atoms with Gasteiger partial charge in [-0.2, -0.15) is 5.26 Å². The molecule has 0 bridgehead atoms. The predicted molar refractivity (Wildman–Crippen MR) is 103 cm³/mol. The summed E-state index contributed by atoms with van der Waals surface area (Å²) in [6.07, 6.45) is 0. The second kappa shape index (κ2) is 7.02.